The number of carbonyl (C=O) groups is 1. The lowest BCUT2D eigenvalue weighted by atomic mass is 9.84. The molecule has 4 heteroatoms. The lowest BCUT2D eigenvalue weighted by Crippen LogP contribution is -2.38. The number of hydrogen-bond acceptors (Lipinski definition) is 2. The molecule has 0 aromatic carbocycles. The van der Waals surface area contributed by atoms with Crippen molar-refractivity contribution in [1.29, 1.82) is 0 Å². The van der Waals surface area contributed by atoms with Gasteiger partial charge in [0.2, 0.25) is 0 Å². The summed E-state index contributed by atoms with van der Waals surface area (Å²) < 4.78 is 0. The van der Waals surface area contributed by atoms with Crippen LogP contribution in [0.4, 0.5) is 0 Å². The van der Waals surface area contributed by atoms with Crippen LogP contribution in [0.3, 0.4) is 0 Å². The second kappa shape index (κ2) is 7.04. The summed E-state index contributed by atoms with van der Waals surface area (Å²) in [6.45, 7) is 8.82. The minimum atomic E-state index is -0.0303. The van der Waals surface area contributed by atoms with E-state index >= 15 is 0 Å². The summed E-state index contributed by atoms with van der Waals surface area (Å²) in [7, 11) is 0. The predicted octanol–water partition coefficient (Wildman–Crippen LogP) is 3.63. The molecule has 0 atom stereocenters. The smallest absolute Gasteiger partial charge is 0.253 e. The first-order chi connectivity index (χ1) is 8.98. The minimum absolute atomic E-state index is 0.0303. The van der Waals surface area contributed by atoms with Gasteiger partial charge in [-0.25, -0.2) is 0 Å². The van der Waals surface area contributed by atoms with Crippen LogP contribution in [0.2, 0.25) is 0 Å². The standard InChI is InChI=1S/C15H23BrN2O/c1-5-15(6-2,9-16)10-17-14(19)13-8-7-11(3)18-12(13)4/h7-8H,5-6,9-10H2,1-4H3,(H,17,19). The van der Waals surface area contributed by atoms with Gasteiger partial charge >= 0.3 is 0 Å². The number of nitrogens with zero attached hydrogens (tertiary/aromatic N) is 1. The van der Waals surface area contributed by atoms with Crippen LogP contribution in [0, 0.1) is 19.3 Å². The van der Waals surface area contributed by atoms with E-state index in [0.29, 0.717) is 12.1 Å². The van der Waals surface area contributed by atoms with Crippen molar-refractivity contribution in [2.75, 3.05) is 11.9 Å². The molecule has 1 N–H and O–H groups in total. The fourth-order valence-corrected chi connectivity index (χ4v) is 3.02. The van der Waals surface area contributed by atoms with E-state index in [0.717, 1.165) is 29.6 Å². The zero-order chi connectivity index (χ0) is 14.5. The van der Waals surface area contributed by atoms with E-state index in [-0.39, 0.29) is 11.3 Å². The first-order valence-corrected chi connectivity index (χ1v) is 7.88. The van der Waals surface area contributed by atoms with Crippen LogP contribution in [0.15, 0.2) is 12.1 Å². The zero-order valence-corrected chi connectivity index (χ0v) is 13.8. The molecule has 0 fully saturated rings. The van der Waals surface area contributed by atoms with E-state index in [1.54, 1.807) is 0 Å². The Balaban J connectivity index is 2.75. The average Bonchev–Trinajstić information content (AvgIpc) is 2.40. The van der Waals surface area contributed by atoms with Crippen LogP contribution in [0.5, 0.6) is 0 Å². The molecule has 1 aromatic heterocycles. The summed E-state index contributed by atoms with van der Waals surface area (Å²) in [6, 6.07) is 3.72. The van der Waals surface area contributed by atoms with E-state index in [9.17, 15) is 4.79 Å². The van der Waals surface area contributed by atoms with Crippen molar-refractivity contribution in [1.82, 2.24) is 10.3 Å². The highest BCUT2D eigenvalue weighted by molar-refractivity contribution is 9.09. The Morgan fingerprint density at radius 2 is 1.95 bits per heavy atom. The molecule has 0 aliphatic rings. The van der Waals surface area contributed by atoms with Gasteiger partial charge in [0.05, 0.1) is 11.3 Å². The number of carbonyl (C=O) groups excluding carboxylic acids is 1. The molecule has 0 unspecified atom stereocenters. The van der Waals surface area contributed by atoms with Gasteiger partial charge in [-0.05, 0) is 44.2 Å². The summed E-state index contributed by atoms with van der Waals surface area (Å²) >= 11 is 3.56. The van der Waals surface area contributed by atoms with Gasteiger partial charge in [-0.3, -0.25) is 9.78 Å². The molecule has 1 rings (SSSR count). The predicted molar refractivity (Wildman–Crippen MR) is 82.9 cm³/mol. The third-order valence-corrected chi connectivity index (χ3v) is 5.07. The van der Waals surface area contributed by atoms with Crippen LogP contribution in [0.1, 0.15) is 48.4 Å². The van der Waals surface area contributed by atoms with E-state index in [1.165, 1.54) is 0 Å². The molecule has 0 aliphatic heterocycles. The van der Waals surface area contributed by atoms with Crippen LogP contribution in [0.25, 0.3) is 0 Å². The van der Waals surface area contributed by atoms with E-state index in [4.69, 9.17) is 0 Å². The number of alkyl halides is 1. The van der Waals surface area contributed by atoms with Crippen LogP contribution >= 0.6 is 15.9 Å². The van der Waals surface area contributed by atoms with Crippen molar-refractivity contribution >= 4 is 21.8 Å². The maximum Gasteiger partial charge on any atom is 0.253 e. The molecule has 0 aliphatic carbocycles. The van der Waals surface area contributed by atoms with Gasteiger partial charge in [0, 0.05) is 17.6 Å². The Kier molecular flexibility index (Phi) is 5.98. The van der Waals surface area contributed by atoms with Crippen LogP contribution in [-0.2, 0) is 0 Å². The van der Waals surface area contributed by atoms with Gasteiger partial charge in [0.15, 0.2) is 0 Å². The van der Waals surface area contributed by atoms with Crippen molar-refractivity contribution in [2.24, 2.45) is 5.41 Å². The quantitative estimate of drug-likeness (QED) is 0.811. The fourth-order valence-electron chi connectivity index (χ4n) is 2.03. The molecular formula is C15H23BrN2O. The van der Waals surface area contributed by atoms with Gasteiger partial charge < -0.3 is 5.32 Å². The molecule has 19 heavy (non-hydrogen) atoms. The Morgan fingerprint density at radius 1 is 1.32 bits per heavy atom. The lowest BCUT2D eigenvalue weighted by molar-refractivity contribution is 0.0931. The van der Waals surface area contributed by atoms with E-state index < -0.39 is 0 Å². The molecular weight excluding hydrogens is 304 g/mol. The van der Waals surface area contributed by atoms with Gasteiger partial charge in [-0.2, -0.15) is 0 Å². The molecule has 1 heterocycles. The number of aryl methyl sites for hydroxylation is 2. The molecule has 1 aromatic rings. The van der Waals surface area contributed by atoms with Gasteiger partial charge in [0.25, 0.3) is 5.91 Å². The normalized spacial score (nSPS) is 11.4. The van der Waals surface area contributed by atoms with Crippen molar-refractivity contribution < 1.29 is 4.79 Å². The molecule has 1 amide bonds. The van der Waals surface area contributed by atoms with Crippen LogP contribution in [-0.4, -0.2) is 22.8 Å². The fraction of sp³-hybridized carbons (Fsp3) is 0.600. The van der Waals surface area contributed by atoms with Crippen molar-refractivity contribution in [2.45, 2.75) is 40.5 Å². The molecule has 0 radical (unpaired) electrons. The zero-order valence-electron chi connectivity index (χ0n) is 12.2. The third-order valence-electron chi connectivity index (χ3n) is 3.88. The monoisotopic (exact) mass is 326 g/mol. The Bertz CT molecular complexity index is 434. The second-order valence-electron chi connectivity index (χ2n) is 5.11. The number of nitrogens with one attached hydrogen (secondary N) is 1. The van der Waals surface area contributed by atoms with Gasteiger partial charge in [-0.15, -0.1) is 0 Å². The van der Waals surface area contributed by atoms with E-state index in [1.807, 2.05) is 26.0 Å². The van der Waals surface area contributed by atoms with Crippen LogP contribution < -0.4 is 5.32 Å². The second-order valence-corrected chi connectivity index (χ2v) is 5.67. The third kappa shape index (κ3) is 4.03. The maximum absolute atomic E-state index is 12.2. The van der Waals surface area contributed by atoms with E-state index in [2.05, 4.69) is 40.1 Å². The molecule has 0 bridgehead atoms. The minimum Gasteiger partial charge on any atom is -0.351 e. The first kappa shape index (κ1) is 16.2. The van der Waals surface area contributed by atoms with Crippen molar-refractivity contribution in [3.63, 3.8) is 0 Å². The first-order valence-electron chi connectivity index (χ1n) is 6.76. The summed E-state index contributed by atoms with van der Waals surface area (Å²) in [5.74, 6) is -0.0303. The highest BCUT2D eigenvalue weighted by Crippen LogP contribution is 2.27. The number of aromatic nitrogens is 1. The lowest BCUT2D eigenvalue weighted by Gasteiger charge is -2.29. The van der Waals surface area contributed by atoms with Crippen molar-refractivity contribution in [3.05, 3.63) is 29.1 Å². The largest absolute Gasteiger partial charge is 0.351 e. The summed E-state index contributed by atoms with van der Waals surface area (Å²) in [4.78, 5) is 16.5. The van der Waals surface area contributed by atoms with Gasteiger partial charge in [-0.1, -0.05) is 29.8 Å². The van der Waals surface area contributed by atoms with Crippen molar-refractivity contribution in [3.8, 4) is 0 Å². The Morgan fingerprint density at radius 3 is 2.42 bits per heavy atom. The highest BCUT2D eigenvalue weighted by atomic mass is 79.9. The number of halogens is 1. The topological polar surface area (TPSA) is 42.0 Å². The number of amides is 1. The number of rotatable bonds is 6. The Labute approximate surface area is 124 Å². The molecule has 0 saturated heterocycles. The highest BCUT2D eigenvalue weighted by Gasteiger charge is 2.25. The number of hydrogen-bond donors (Lipinski definition) is 1. The molecule has 0 spiro atoms. The average molecular weight is 327 g/mol. The molecule has 106 valence electrons. The Hall–Kier alpha value is -0.900. The summed E-state index contributed by atoms with van der Waals surface area (Å²) in [5.41, 5.74) is 2.53. The maximum atomic E-state index is 12.2. The summed E-state index contributed by atoms with van der Waals surface area (Å²) in [6.07, 6.45) is 2.08. The summed E-state index contributed by atoms with van der Waals surface area (Å²) in [5, 5.41) is 3.95. The SMILES string of the molecule is CCC(CC)(CBr)CNC(=O)c1ccc(C)nc1C. The number of pyridine rings is 1. The molecule has 3 nitrogen and oxygen atoms in total. The van der Waals surface area contributed by atoms with Gasteiger partial charge in [0.1, 0.15) is 0 Å². The molecule has 0 saturated carbocycles.